The van der Waals surface area contributed by atoms with E-state index in [-0.39, 0.29) is 0 Å². The van der Waals surface area contributed by atoms with E-state index in [1.807, 2.05) is 6.20 Å². The molecule has 0 spiro atoms. The van der Waals surface area contributed by atoms with E-state index >= 15 is 0 Å². The van der Waals surface area contributed by atoms with Gasteiger partial charge in [0.25, 0.3) is 0 Å². The smallest absolute Gasteiger partial charge is 0.138 e. The van der Waals surface area contributed by atoms with Crippen LogP contribution in [-0.2, 0) is 11.2 Å². The molecule has 4 aromatic rings. The number of pyridine rings is 1. The SMILES string of the molecule is Cc1cnc2[nH]c3ccc(-c4ccc(CC5CCOCC5)cc4)cc3c2c1. The third-order valence-electron chi connectivity index (χ3n) is 5.74. The summed E-state index contributed by atoms with van der Waals surface area (Å²) in [5, 5.41) is 2.44. The van der Waals surface area contributed by atoms with E-state index < -0.39 is 0 Å². The zero-order chi connectivity index (χ0) is 18.2. The number of aryl methyl sites for hydroxylation is 1. The molecule has 1 saturated heterocycles. The Morgan fingerprint density at radius 3 is 2.56 bits per heavy atom. The van der Waals surface area contributed by atoms with Gasteiger partial charge in [-0.15, -0.1) is 0 Å². The Balaban J connectivity index is 1.45. The number of ether oxygens (including phenoxy) is 1. The number of hydrogen-bond acceptors (Lipinski definition) is 2. The van der Waals surface area contributed by atoms with Gasteiger partial charge in [-0.05, 0) is 72.6 Å². The molecule has 2 aromatic carbocycles. The Morgan fingerprint density at radius 2 is 1.74 bits per heavy atom. The molecular formula is C24H24N2O. The van der Waals surface area contributed by atoms with Crippen molar-refractivity contribution in [2.75, 3.05) is 13.2 Å². The number of rotatable bonds is 3. The van der Waals surface area contributed by atoms with Crippen LogP contribution in [0.25, 0.3) is 33.1 Å². The van der Waals surface area contributed by atoms with Gasteiger partial charge in [0, 0.05) is 35.7 Å². The normalized spacial score (nSPS) is 15.6. The van der Waals surface area contributed by atoms with Gasteiger partial charge in [0.05, 0.1) is 0 Å². The van der Waals surface area contributed by atoms with E-state index in [2.05, 4.69) is 65.4 Å². The molecule has 0 aliphatic carbocycles. The van der Waals surface area contributed by atoms with Crippen LogP contribution in [0.1, 0.15) is 24.0 Å². The van der Waals surface area contributed by atoms with Gasteiger partial charge >= 0.3 is 0 Å². The number of aromatic amines is 1. The molecule has 0 saturated carbocycles. The average molecular weight is 356 g/mol. The fourth-order valence-electron chi connectivity index (χ4n) is 4.17. The van der Waals surface area contributed by atoms with Gasteiger partial charge in [-0.3, -0.25) is 0 Å². The largest absolute Gasteiger partial charge is 0.381 e. The summed E-state index contributed by atoms with van der Waals surface area (Å²) in [6.07, 6.45) is 5.45. The van der Waals surface area contributed by atoms with Crippen LogP contribution in [0.2, 0.25) is 0 Å². The Hall–Kier alpha value is -2.65. The Kier molecular flexibility index (Phi) is 4.17. The standard InChI is InChI=1S/C24H24N2O/c1-16-12-22-21-14-20(6-7-23(21)26-24(22)25-15-16)19-4-2-17(3-5-19)13-18-8-10-27-11-9-18/h2-7,12,14-15,18H,8-11,13H2,1H3,(H,25,26). The zero-order valence-electron chi connectivity index (χ0n) is 15.7. The van der Waals surface area contributed by atoms with Crippen LogP contribution in [0, 0.1) is 12.8 Å². The van der Waals surface area contributed by atoms with Gasteiger partial charge in [0.2, 0.25) is 0 Å². The van der Waals surface area contributed by atoms with Crippen molar-refractivity contribution in [2.45, 2.75) is 26.2 Å². The molecule has 0 atom stereocenters. The summed E-state index contributed by atoms with van der Waals surface area (Å²) in [5.74, 6) is 0.767. The predicted molar refractivity (Wildman–Crippen MR) is 111 cm³/mol. The number of nitrogens with zero attached hydrogens (tertiary/aromatic N) is 1. The van der Waals surface area contributed by atoms with Gasteiger partial charge in [0.1, 0.15) is 5.65 Å². The molecule has 136 valence electrons. The summed E-state index contributed by atoms with van der Waals surface area (Å²) in [6.45, 7) is 3.93. The number of hydrogen-bond donors (Lipinski definition) is 1. The molecule has 0 radical (unpaired) electrons. The summed E-state index contributed by atoms with van der Waals surface area (Å²) >= 11 is 0. The average Bonchev–Trinajstić information content (AvgIpc) is 3.06. The van der Waals surface area contributed by atoms with E-state index in [0.29, 0.717) is 0 Å². The van der Waals surface area contributed by atoms with Crippen LogP contribution in [0.5, 0.6) is 0 Å². The van der Waals surface area contributed by atoms with Crippen molar-refractivity contribution in [2.24, 2.45) is 5.92 Å². The van der Waals surface area contributed by atoms with Crippen molar-refractivity contribution < 1.29 is 4.74 Å². The highest BCUT2D eigenvalue weighted by Gasteiger charge is 2.14. The lowest BCUT2D eigenvalue weighted by atomic mass is 9.91. The molecule has 0 amide bonds. The number of nitrogens with one attached hydrogen (secondary N) is 1. The van der Waals surface area contributed by atoms with Crippen molar-refractivity contribution in [3.05, 3.63) is 65.9 Å². The van der Waals surface area contributed by atoms with Crippen LogP contribution < -0.4 is 0 Å². The summed E-state index contributed by atoms with van der Waals surface area (Å²) in [6, 6.07) is 17.9. The lowest BCUT2D eigenvalue weighted by molar-refractivity contribution is 0.0665. The van der Waals surface area contributed by atoms with Crippen LogP contribution >= 0.6 is 0 Å². The first-order valence-corrected chi connectivity index (χ1v) is 9.81. The lowest BCUT2D eigenvalue weighted by Crippen LogP contribution is -2.17. The summed E-state index contributed by atoms with van der Waals surface area (Å²) in [7, 11) is 0. The number of benzene rings is 2. The first kappa shape index (κ1) is 16.5. The van der Waals surface area contributed by atoms with Crippen LogP contribution in [0.15, 0.2) is 54.7 Å². The van der Waals surface area contributed by atoms with E-state index in [0.717, 1.165) is 36.7 Å². The van der Waals surface area contributed by atoms with Crippen molar-refractivity contribution >= 4 is 21.9 Å². The van der Waals surface area contributed by atoms with E-state index in [1.54, 1.807) is 0 Å². The molecule has 3 heterocycles. The maximum Gasteiger partial charge on any atom is 0.138 e. The fraction of sp³-hybridized carbons (Fsp3) is 0.292. The Labute approximate surface area is 159 Å². The molecule has 3 nitrogen and oxygen atoms in total. The molecule has 3 heteroatoms. The third-order valence-corrected chi connectivity index (χ3v) is 5.74. The number of H-pyrrole nitrogens is 1. The van der Waals surface area contributed by atoms with Gasteiger partial charge < -0.3 is 9.72 Å². The third kappa shape index (κ3) is 3.24. The summed E-state index contributed by atoms with van der Waals surface area (Å²) in [5.41, 5.74) is 7.23. The first-order chi connectivity index (χ1) is 13.3. The second-order valence-electron chi connectivity index (χ2n) is 7.75. The topological polar surface area (TPSA) is 37.9 Å². The maximum absolute atomic E-state index is 5.47. The molecule has 0 unspecified atom stereocenters. The molecule has 2 aromatic heterocycles. The summed E-state index contributed by atoms with van der Waals surface area (Å²) in [4.78, 5) is 7.94. The van der Waals surface area contributed by atoms with Crippen molar-refractivity contribution in [3.8, 4) is 11.1 Å². The van der Waals surface area contributed by atoms with Crippen LogP contribution in [0.3, 0.4) is 0 Å². The molecule has 1 fully saturated rings. The van der Waals surface area contributed by atoms with E-state index in [1.165, 1.54) is 45.9 Å². The molecule has 5 rings (SSSR count). The molecule has 1 aliphatic rings. The first-order valence-electron chi connectivity index (χ1n) is 9.81. The fourth-order valence-corrected chi connectivity index (χ4v) is 4.17. The quantitative estimate of drug-likeness (QED) is 0.514. The second-order valence-corrected chi connectivity index (χ2v) is 7.75. The van der Waals surface area contributed by atoms with Gasteiger partial charge in [-0.25, -0.2) is 4.98 Å². The highest BCUT2D eigenvalue weighted by Crippen LogP contribution is 2.30. The molecule has 0 bridgehead atoms. The van der Waals surface area contributed by atoms with Gasteiger partial charge in [-0.1, -0.05) is 30.3 Å². The van der Waals surface area contributed by atoms with E-state index in [4.69, 9.17) is 4.74 Å². The van der Waals surface area contributed by atoms with Crippen LogP contribution in [0.4, 0.5) is 0 Å². The molecule has 1 N–H and O–H groups in total. The highest BCUT2D eigenvalue weighted by atomic mass is 16.5. The minimum absolute atomic E-state index is 0.767. The van der Waals surface area contributed by atoms with Crippen molar-refractivity contribution in [3.63, 3.8) is 0 Å². The minimum atomic E-state index is 0.767. The van der Waals surface area contributed by atoms with Gasteiger partial charge in [-0.2, -0.15) is 0 Å². The predicted octanol–water partition coefficient (Wildman–Crippen LogP) is 5.66. The monoisotopic (exact) mass is 356 g/mol. The lowest BCUT2D eigenvalue weighted by Gasteiger charge is -2.22. The van der Waals surface area contributed by atoms with Gasteiger partial charge in [0.15, 0.2) is 0 Å². The van der Waals surface area contributed by atoms with Crippen molar-refractivity contribution in [1.29, 1.82) is 0 Å². The minimum Gasteiger partial charge on any atom is -0.381 e. The maximum atomic E-state index is 5.47. The second kappa shape index (κ2) is 6.82. The van der Waals surface area contributed by atoms with Crippen molar-refractivity contribution in [1.82, 2.24) is 9.97 Å². The number of aromatic nitrogens is 2. The highest BCUT2D eigenvalue weighted by molar-refractivity contribution is 6.07. The van der Waals surface area contributed by atoms with E-state index in [9.17, 15) is 0 Å². The molecular weight excluding hydrogens is 332 g/mol. The number of fused-ring (bicyclic) bond motifs is 3. The van der Waals surface area contributed by atoms with Crippen LogP contribution in [-0.4, -0.2) is 23.2 Å². The Bertz CT molecular complexity index is 1090. The summed E-state index contributed by atoms with van der Waals surface area (Å²) < 4.78 is 5.47. The molecule has 1 aliphatic heterocycles. The molecule has 27 heavy (non-hydrogen) atoms. The zero-order valence-corrected chi connectivity index (χ0v) is 15.7. The Morgan fingerprint density at radius 1 is 0.963 bits per heavy atom.